The van der Waals surface area contributed by atoms with Crippen LogP contribution in [0.4, 0.5) is 5.69 Å². The third-order valence-corrected chi connectivity index (χ3v) is 4.71. The molecule has 2 aromatic carbocycles. The van der Waals surface area contributed by atoms with E-state index in [1.807, 2.05) is 75.4 Å². The summed E-state index contributed by atoms with van der Waals surface area (Å²) < 4.78 is 2.11. The maximum Gasteiger partial charge on any atom is 0.106 e. The molecule has 1 atom stereocenters. The van der Waals surface area contributed by atoms with Crippen LogP contribution in [0.5, 0.6) is 0 Å². The van der Waals surface area contributed by atoms with Crippen molar-refractivity contribution >= 4 is 35.0 Å². The smallest absolute Gasteiger partial charge is 0.106 e. The monoisotopic (exact) mass is 414 g/mol. The van der Waals surface area contributed by atoms with E-state index in [4.69, 9.17) is 22.1 Å². The first-order chi connectivity index (χ1) is 14.0. The van der Waals surface area contributed by atoms with Gasteiger partial charge in [0.1, 0.15) is 6.79 Å². The zero-order chi connectivity index (χ0) is 22.4. The van der Waals surface area contributed by atoms with Crippen LogP contribution in [-0.2, 0) is 10.3 Å². The van der Waals surface area contributed by atoms with E-state index in [-0.39, 0.29) is 6.61 Å². The van der Waals surface area contributed by atoms with E-state index in [9.17, 15) is 5.11 Å². The average molecular weight is 415 g/mol. The van der Waals surface area contributed by atoms with Gasteiger partial charge in [0.15, 0.2) is 0 Å². The molecular weight excluding hydrogens is 384 g/mol. The van der Waals surface area contributed by atoms with Gasteiger partial charge in [-0.1, -0.05) is 50.6 Å². The van der Waals surface area contributed by atoms with E-state index in [0.717, 1.165) is 28.6 Å². The summed E-state index contributed by atoms with van der Waals surface area (Å²) in [5, 5.41) is 11.9. The Morgan fingerprint density at radius 1 is 1.17 bits per heavy atom. The number of hydrogen-bond acceptors (Lipinski definition) is 3. The number of nitrogens with two attached hydrogens (primary N) is 1. The largest absolute Gasteiger partial charge is 0.398 e. The molecule has 0 saturated carbocycles. The van der Waals surface area contributed by atoms with E-state index < -0.39 is 5.54 Å². The molecule has 156 valence electrons. The maximum absolute atomic E-state index is 10.2. The predicted molar refractivity (Wildman–Crippen MR) is 125 cm³/mol. The third-order valence-electron chi connectivity index (χ3n) is 4.46. The van der Waals surface area contributed by atoms with Crippen molar-refractivity contribution in [1.29, 1.82) is 0 Å². The van der Waals surface area contributed by atoms with Crippen molar-refractivity contribution in [2.75, 3.05) is 12.3 Å². The molecule has 5 heteroatoms. The highest BCUT2D eigenvalue weighted by molar-refractivity contribution is 6.30. The highest BCUT2D eigenvalue weighted by Crippen LogP contribution is 2.35. The van der Waals surface area contributed by atoms with Crippen molar-refractivity contribution in [1.82, 2.24) is 4.57 Å². The molecule has 3 aromatic rings. The zero-order valence-electron chi connectivity index (χ0n) is 17.7. The summed E-state index contributed by atoms with van der Waals surface area (Å²) in [6.07, 6.45) is 7.35. The second-order valence-electron chi connectivity index (χ2n) is 5.80. The number of nitrogen functional groups attached to an aromatic ring is 1. The second-order valence-corrected chi connectivity index (χ2v) is 6.24. The number of carbonyl (C=O) groups is 1. The van der Waals surface area contributed by atoms with Gasteiger partial charge in [0.05, 0.1) is 17.7 Å². The summed E-state index contributed by atoms with van der Waals surface area (Å²) in [5.41, 5.74) is 8.33. The van der Waals surface area contributed by atoms with Crippen molar-refractivity contribution < 1.29 is 9.90 Å². The summed E-state index contributed by atoms with van der Waals surface area (Å²) in [5.74, 6) is 2.25. The van der Waals surface area contributed by atoms with Crippen LogP contribution in [0.1, 0.15) is 39.7 Å². The van der Waals surface area contributed by atoms with Gasteiger partial charge in [0, 0.05) is 22.3 Å². The van der Waals surface area contributed by atoms with Crippen molar-refractivity contribution in [2.45, 2.75) is 39.7 Å². The molecule has 0 fully saturated rings. The SMILES string of the molecule is C#CC.C=O.CC.CCC(CO)(c1ccc(Cl)cc1)n1ccc2c(N)cccc21. The van der Waals surface area contributed by atoms with Crippen LogP contribution in [0, 0.1) is 12.3 Å². The first-order valence-corrected chi connectivity index (χ1v) is 9.81. The van der Waals surface area contributed by atoms with Gasteiger partial charge in [-0.3, -0.25) is 0 Å². The van der Waals surface area contributed by atoms with Gasteiger partial charge < -0.3 is 20.2 Å². The van der Waals surface area contributed by atoms with E-state index in [1.54, 1.807) is 6.92 Å². The van der Waals surface area contributed by atoms with Crippen LogP contribution >= 0.6 is 11.6 Å². The molecule has 0 aliphatic rings. The standard InChI is InChI=1S/C18H19ClN2O.C3H4.C2H6.CH2O/c1-2-18(12-22,13-6-8-14(19)9-7-13)21-11-10-15-16(20)4-3-5-17(15)21;1-3-2;2*1-2/h3-11,22H,2,12,20H2,1H3;1H,2H3;1-2H3;1H2. The van der Waals surface area contributed by atoms with Crippen LogP contribution in [0.15, 0.2) is 54.7 Å². The summed E-state index contributed by atoms with van der Waals surface area (Å²) in [4.78, 5) is 8.00. The number of nitrogens with zero attached hydrogens (tertiary/aromatic N) is 1. The molecule has 1 aromatic heterocycles. The summed E-state index contributed by atoms with van der Waals surface area (Å²) in [6.45, 7) is 9.73. The van der Waals surface area contributed by atoms with E-state index in [1.165, 1.54) is 0 Å². The number of aliphatic hydroxyl groups excluding tert-OH is 1. The fourth-order valence-corrected chi connectivity index (χ4v) is 3.24. The predicted octanol–water partition coefficient (Wildman–Crippen LogP) is 5.50. The Kier molecular flexibility index (Phi) is 12.2. The molecule has 0 amide bonds. The number of terminal acetylenes is 1. The number of hydrogen-bond donors (Lipinski definition) is 2. The minimum atomic E-state index is -0.528. The number of aliphatic hydroxyl groups is 1. The van der Waals surface area contributed by atoms with Gasteiger partial charge in [-0.05, 0) is 49.2 Å². The van der Waals surface area contributed by atoms with Crippen LogP contribution in [0.25, 0.3) is 10.9 Å². The fraction of sp³-hybridized carbons (Fsp3) is 0.292. The lowest BCUT2D eigenvalue weighted by atomic mass is 9.87. The maximum atomic E-state index is 10.2. The Morgan fingerprint density at radius 2 is 1.72 bits per heavy atom. The lowest BCUT2D eigenvalue weighted by Gasteiger charge is -2.34. The van der Waals surface area contributed by atoms with Crippen molar-refractivity contribution in [3.8, 4) is 12.3 Å². The molecule has 0 aliphatic heterocycles. The normalized spacial score (nSPS) is 11.3. The Labute approximate surface area is 179 Å². The second kappa shape index (κ2) is 13.4. The summed E-state index contributed by atoms with van der Waals surface area (Å²) >= 11 is 6.00. The highest BCUT2D eigenvalue weighted by atomic mass is 35.5. The number of benzene rings is 2. The first-order valence-electron chi connectivity index (χ1n) is 9.43. The van der Waals surface area contributed by atoms with Crippen LogP contribution < -0.4 is 5.73 Å². The average Bonchev–Trinajstić information content (AvgIpc) is 3.20. The molecule has 29 heavy (non-hydrogen) atoms. The lowest BCUT2D eigenvalue weighted by molar-refractivity contribution is -0.0979. The van der Waals surface area contributed by atoms with Gasteiger partial charge in [0.2, 0.25) is 0 Å². The number of fused-ring (bicyclic) bond motifs is 1. The number of aromatic nitrogens is 1. The number of anilines is 1. The first kappa shape index (κ1) is 26.3. The van der Waals surface area contributed by atoms with Crippen LogP contribution in [0.3, 0.4) is 0 Å². The molecule has 0 saturated heterocycles. The fourth-order valence-electron chi connectivity index (χ4n) is 3.12. The summed E-state index contributed by atoms with van der Waals surface area (Å²) in [7, 11) is 0. The molecule has 3 rings (SSSR count). The number of rotatable bonds is 4. The molecule has 0 aliphatic carbocycles. The zero-order valence-corrected chi connectivity index (χ0v) is 18.4. The number of halogens is 1. The van der Waals surface area contributed by atoms with Crippen LogP contribution in [0.2, 0.25) is 5.02 Å². The molecule has 0 bridgehead atoms. The Bertz CT molecular complexity index is 891. The van der Waals surface area contributed by atoms with Gasteiger partial charge in [0.25, 0.3) is 0 Å². The molecular formula is C24H31ClN2O2. The minimum Gasteiger partial charge on any atom is -0.398 e. The molecule has 0 radical (unpaired) electrons. The third kappa shape index (κ3) is 5.87. The van der Waals surface area contributed by atoms with Gasteiger partial charge in [-0.25, -0.2) is 0 Å². The van der Waals surface area contributed by atoms with Crippen molar-refractivity contribution in [2.24, 2.45) is 0 Å². The topological polar surface area (TPSA) is 68.2 Å². The van der Waals surface area contributed by atoms with E-state index in [0.29, 0.717) is 5.02 Å². The Hall–Kier alpha value is -2.74. The molecule has 4 nitrogen and oxygen atoms in total. The molecule has 1 unspecified atom stereocenters. The van der Waals surface area contributed by atoms with Gasteiger partial charge >= 0.3 is 0 Å². The van der Waals surface area contributed by atoms with Gasteiger partial charge in [-0.15, -0.1) is 12.3 Å². The molecule has 1 heterocycles. The van der Waals surface area contributed by atoms with Crippen molar-refractivity contribution in [3.63, 3.8) is 0 Å². The Balaban J connectivity index is 0.00000100. The lowest BCUT2D eigenvalue weighted by Crippen LogP contribution is -2.37. The molecule has 0 spiro atoms. The Morgan fingerprint density at radius 3 is 2.21 bits per heavy atom. The minimum absolute atomic E-state index is 0.00368. The van der Waals surface area contributed by atoms with Crippen LogP contribution in [-0.4, -0.2) is 23.1 Å². The van der Waals surface area contributed by atoms with E-state index in [2.05, 4.69) is 23.8 Å². The highest BCUT2D eigenvalue weighted by Gasteiger charge is 2.32. The summed E-state index contributed by atoms with van der Waals surface area (Å²) in [6, 6.07) is 15.5. The quantitative estimate of drug-likeness (QED) is 0.437. The number of carbonyl (C=O) groups excluding carboxylic acids is 1. The van der Waals surface area contributed by atoms with E-state index >= 15 is 0 Å². The van der Waals surface area contributed by atoms with Crippen molar-refractivity contribution in [3.05, 3.63) is 65.3 Å². The van der Waals surface area contributed by atoms with Gasteiger partial charge in [-0.2, -0.15) is 0 Å². The molecule has 3 N–H and O–H groups in total.